The van der Waals surface area contributed by atoms with E-state index in [0.29, 0.717) is 54.1 Å². The van der Waals surface area contributed by atoms with Crippen LogP contribution in [-0.2, 0) is 9.53 Å². The predicted octanol–water partition coefficient (Wildman–Crippen LogP) is 6.30. The van der Waals surface area contributed by atoms with Crippen molar-refractivity contribution in [2.24, 2.45) is 40.9 Å². The smallest absolute Gasteiger partial charge is 0.192 e. The van der Waals surface area contributed by atoms with Crippen LogP contribution < -0.4 is 0 Å². The highest BCUT2D eigenvalue weighted by molar-refractivity contribution is 5.97. The van der Waals surface area contributed by atoms with Crippen molar-refractivity contribution in [3.8, 4) is 0 Å². The summed E-state index contributed by atoms with van der Waals surface area (Å²) in [5, 5.41) is 11.3. The molecule has 0 unspecified atom stereocenters. The summed E-state index contributed by atoms with van der Waals surface area (Å²) in [5.41, 5.74) is 9.29. The molecule has 0 amide bonds. The summed E-state index contributed by atoms with van der Waals surface area (Å²) in [6, 6.07) is 0. The molecule has 6 aliphatic rings. The summed E-state index contributed by atoms with van der Waals surface area (Å²) in [5.74, 6) is 2.17. The largest absolute Gasteiger partial charge is 0.362 e. The van der Waals surface area contributed by atoms with Gasteiger partial charge in [-0.15, -0.1) is 0 Å². The van der Waals surface area contributed by atoms with E-state index < -0.39 is 11.4 Å². The van der Waals surface area contributed by atoms with Crippen molar-refractivity contribution in [3.05, 3.63) is 45.1 Å². The van der Waals surface area contributed by atoms with Gasteiger partial charge in [0.1, 0.15) is 0 Å². The average molecular weight is 449 g/mol. The minimum absolute atomic E-state index is 0.112. The molecule has 178 valence electrons. The van der Waals surface area contributed by atoms with Crippen LogP contribution in [0.5, 0.6) is 0 Å². The normalized spacial score (nSPS) is 47.4. The number of ether oxygens (including phenoxy) is 1. The van der Waals surface area contributed by atoms with Gasteiger partial charge in [-0.1, -0.05) is 49.1 Å². The molecule has 1 N–H and O–H groups in total. The highest BCUT2D eigenvalue weighted by Crippen LogP contribution is 2.74. The molecule has 3 fully saturated rings. The van der Waals surface area contributed by atoms with Crippen molar-refractivity contribution >= 4 is 5.78 Å². The lowest BCUT2D eigenvalue weighted by atomic mass is 9.63. The van der Waals surface area contributed by atoms with E-state index in [4.69, 9.17) is 4.74 Å². The molecule has 3 nitrogen and oxygen atoms in total. The highest BCUT2D eigenvalue weighted by Gasteiger charge is 2.67. The molecule has 33 heavy (non-hydrogen) atoms. The first-order chi connectivity index (χ1) is 15.3. The summed E-state index contributed by atoms with van der Waals surface area (Å²) in [6.45, 7) is 17.9. The molecule has 0 spiro atoms. The Morgan fingerprint density at radius 1 is 1.15 bits per heavy atom. The van der Waals surface area contributed by atoms with Crippen molar-refractivity contribution in [2.75, 3.05) is 0 Å². The zero-order valence-corrected chi connectivity index (χ0v) is 21.6. The van der Waals surface area contributed by atoms with Crippen LogP contribution >= 0.6 is 0 Å². The van der Waals surface area contributed by atoms with Gasteiger partial charge in [0.15, 0.2) is 11.6 Å². The van der Waals surface area contributed by atoms with Crippen molar-refractivity contribution < 1.29 is 14.6 Å². The van der Waals surface area contributed by atoms with Gasteiger partial charge in [-0.2, -0.15) is 0 Å². The van der Waals surface area contributed by atoms with Gasteiger partial charge >= 0.3 is 0 Å². The lowest BCUT2D eigenvalue weighted by molar-refractivity contribution is -0.305. The Morgan fingerprint density at radius 2 is 1.85 bits per heavy atom. The number of aliphatic hydroxyl groups is 1. The number of hydrogen-bond donors (Lipinski definition) is 1. The quantitative estimate of drug-likeness (QED) is 0.349. The maximum Gasteiger partial charge on any atom is 0.192 e. The maximum atomic E-state index is 13.1. The van der Waals surface area contributed by atoms with Crippen molar-refractivity contribution in [1.29, 1.82) is 0 Å². The molecular formula is C30H40O3. The molecule has 0 aromatic carbocycles. The molecule has 2 saturated carbocycles. The third kappa shape index (κ3) is 2.56. The van der Waals surface area contributed by atoms with Crippen LogP contribution in [0.4, 0.5) is 0 Å². The van der Waals surface area contributed by atoms with E-state index in [2.05, 4.69) is 61.5 Å². The van der Waals surface area contributed by atoms with Crippen LogP contribution in [0.15, 0.2) is 45.1 Å². The summed E-state index contributed by atoms with van der Waals surface area (Å²) >= 11 is 0. The van der Waals surface area contributed by atoms with Gasteiger partial charge < -0.3 is 9.84 Å². The fourth-order valence-electron chi connectivity index (χ4n) is 9.63. The Labute approximate surface area is 199 Å². The lowest BCUT2D eigenvalue weighted by Gasteiger charge is -2.53. The van der Waals surface area contributed by atoms with Gasteiger partial charge in [-0.3, -0.25) is 4.79 Å². The number of rotatable bonds is 0. The van der Waals surface area contributed by atoms with E-state index in [1.54, 1.807) is 16.7 Å². The molecule has 8 atom stereocenters. The van der Waals surface area contributed by atoms with Crippen molar-refractivity contribution in [3.63, 3.8) is 0 Å². The van der Waals surface area contributed by atoms with Crippen LogP contribution in [0.25, 0.3) is 0 Å². The molecule has 1 saturated heterocycles. The summed E-state index contributed by atoms with van der Waals surface area (Å²) < 4.78 is 6.05. The van der Waals surface area contributed by atoms with E-state index in [0.717, 1.165) is 17.6 Å². The first-order valence-corrected chi connectivity index (χ1v) is 13.1. The Morgan fingerprint density at radius 3 is 2.48 bits per heavy atom. The van der Waals surface area contributed by atoms with Gasteiger partial charge in [0, 0.05) is 18.4 Å². The van der Waals surface area contributed by atoms with E-state index >= 15 is 0 Å². The first kappa shape index (κ1) is 22.0. The molecular weight excluding hydrogens is 408 g/mol. The SMILES string of the molecule is CC(C)=C1CC2=C(C)[C@H]3[C@@H]([C@H]2[C@H](C)CC1=O)[C@H]1C[C@]3(C)C2=C1[C@H](C)C[C@@]1(O)OC(C)(C)C1=C2. The minimum atomic E-state index is -1.10. The third-order valence-corrected chi connectivity index (χ3v) is 10.6. The second-order valence-corrected chi connectivity index (χ2v) is 13.2. The standard InChI is InChI=1S/C30H40O3/c1-14(2)18-10-19-17(5)27-26(25(19)15(3)9-22(18)31)20-13-29(27,8)21-11-23-28(6,7)33-30(23,32)12-16(4)24(20)21/h11,15-16,20,25-27,32H,9-10,12-13H2,1-8H3/t15-,16-,20+,25+,26-,27+,29-,30-/m1/s1. The van der Waals surface area contributed by atoms with Gasteiger partial charge in [0.05, 0.1) is 5.60 Å². The number of carbonyl (C=O) groups excluding carboxylic acids is 1. The molecule has 5 aliphatic carbocycles. The highest BCUT2D eigenvalue weighted by atomic mass is 16.7. The summed E-state index contributed by atoms with van der Waals surface area (Å²) in [6.07, 6.45) is 5.78. The topological polar surface area (TPSA) is 46.5 Å². The maximum absolute atomic E-state index is 13.1. The van der Waals surface area contributed by atoms with E-state index in [1.165, 1.54) is 17.6 Å². The summed E-state index contributed by atoms with van der Waals surface area (Å²) in [7, 11) is 0. The van der Waals surface area contributed by atoms with E-state index in [-0.39, 0.29) is 5.41 Å². The Hall–Kier alpha value is -1.45. The summed E-state index contributed by atoms with van der Waals surface area (Å²) in [4.78, 5) is 13.1. The zero-order chi connectivity index (χ0) is 23.8. The van der Waals surface area contributed by atoms with Crippen LogP contribution in [0.2, 0.25) is 0 Å². The van der Waals surface area contributed by atoms with Crippen LogP contribution in [0, 0.1) is 40.9 Å². The second kappa shape index (κ2) is 6.40. The lowest BCUT2D eigenvalue weighted by Crippen LogP contribution is -2.59. The van der Waals surface area contributed by atoms with Gasteiger partial charge in [-0.05, 0) is 99.5 Å². The number of hydrogen-bond acceptors (Lipinski definition) is 3. The monoisotopic (exact) mass is 448 g/mol. The van der Waals surface area contributed by atoms with E-state index in [9.17, 15) is 9.90 Å². The molecule has 1 heterocycles. The molecule has 6 rings (SSSR count). The molecule has 0 radical (unpaired) electrons. The molecule has 2 bridgehead atoms. The fourth-order valence-corrected chi connectivity index (χ4v) is 9.63. The first-order valence-electron chi connectivity index (χ1n) is 13.1. The predicted molar refractivity (Wildman–Crippen MR) is 130 cm³/mol. The Balaban J connectivity index is 1.50. The number of ketones is 1. The molecule has 0 aromatic heterocycles. The van der Waals surface area contributed by atoms with Crippen molar-refractivity contribution in [2.45, 2.75) is 92.5 Å². The fraction of sp³-hybridized carbons (Fsp3) is 0.700. The number of fused-ring (bicyclic) bond motifs is 10. The van der Waals surface area contributed by atoms with E-state index in [1.807, 2.05) is 0 Å². The van der Waals surface area contributed by atoms with Crippen LogP contribution in [0.3, 0.4) is 0 Å². The van der Waals surface area contributed by atoms with Gasteiger partial charge in [0.2, 0.25) is 0 Å². The Kier molecular flexibility index (Phi) is 4.28. The Bertz CT molecular complexity index is 1110. The van der Waals surface area contributed by atoms with Gasteiger partial charge in [0.25, 0.3) is 0 Å². The minimum Gasteiger partial charge on any atom is -0.362 e. The second-order valence-electron chi connectivity index (χ2n) is 13.2. The number of allylic oxidation sites excluding steroid dienone is 7. The number of Topliss-reactive ketones (excluding diaryl/α,β-unsaturated/α-hetero) is 1. The van der Waals surface area contributed by atoms with Crippen molar-refractivity contribution in [1.82, 2.24) is 0 Å². The average Bonchev–Trinajstić information content (AvgIpc) is 3.19. The van der Waals surface area contributed by atoms with Crippen LogP contribution in [-0.4, -0.2) is 22.3 Å². The number of carbonyl (C=O) groups is 1. The molecule has 1 aliphatic heterocycles. The molecule has 3 heteroatoms. The molecule has 0 aromatic rings. The zero-order valence-electron chi connectivity index (χ0n) is 21.6. The van der Waals surface area contributed by atoms with Gasteiger partial charge in [-0.25, -0.2) is 0 Å². The third-order valence-electron chi connectivity index (χ3n) is 10.6. The van der Waals surface area contributed by atoms with Crippen LogP contribution in [0.1, 0.15) is 81.1 Å².